The molecule has 1 amide bonds. The number of halogens is 2. The van der Waals surface area contributed by atoms with Crippen molar-refractivity contribution < 1.29 is 9.53 Å². The number of benzene rings is 1. The predicted molar refractivity (Wildman–Crippen MR) is 95.8 cm³/mol. The van der Waals surface area contributed by atoms with Crippen molar-refractivity contribution in [2.24, 2.45) is 0 Å². The van der Waals surface area contributed by atoms with Crippen LogP contribution in [0.2, 0.25) is 10.0 Å². The van der Waals surface area contributed by atoms with Crippen LogP contribution in [-0.4, -0.2) is 74.2 Å². The summed E-state index contributed by atoms with van der Waals surface area (Å²) in [5, 5.41) is 4.48. The number of hydrogen-bond donors (Lipinski definition) is 1. The van der Waals surface area contributed by atoms with Crippen LogP contribution in [0.25, 0.3) is 0 Å². The van der Waals surface area contributed by atoms with E-state index in [1.165, 1.54) is 0 Å². The largest absolute Gasteiger partial charge is 0.378 e. The Morgan fingerprint density at radius 3 is 2.83 bits per heavy atom. The van der Waals surface area contributed by atoms with Crippen molar-refractivity contribution in [2.45, 2.75) is 24.5 Å². The van der Waals surface area contributed by atoms with E-state index in [9.17, 15) is 4.79 Å². The van der Waals surface area contributed by atoms with Gasteiger partial charge in [0.1, 0.15) is 0 Å². The number of piperazine rings is 1. The topological polar surface area (TPSA) is 44.8 Å². The smallest absolute Gasteiger partial charge is 0.227 e. The third kappa shape index (κ3) is 3.70. The van der Waals surface area contributed by atoms with E-state index in [0.29, 0.717) is 36.2 Å². The number of amides is 1. The Morgan fingerprint density at radius 2 is 2.12 bits per heavy atom. The van der Waals surface area contributed by atoms with Crippen LogP contribution < -0.4 is 5.32 Å². The zero-order valence-electron chi connectivity index (χ0n) is 14.0. The van der Waals surface area contributed by atoms with E-state index in [-0.39, 0.29) is 24.0 Å². The highest BCUT2D eigenvalue weighted by Crippen LogP contribution is 2.25. The highest BCUT2D eigenvalue weighted by Gasteiger charge is 2.43. The summed E-state index contributed by atoms with van der Waals surface area (Å²) in [7, 11) is 4.07. The first-order valence-electron chi connectivity index (χ1n) is 8.18. The normalized spacial score (nSPS) is 27.2. The number of fused-ring (bicyclic) bond motifs is 1. The van der Waals surface area contributed by atoms with Gasteiger partial charge in [0.15, 0.2) is 0 Å². The first kappa shape index (κ1) is 18.0. The Morgan fingerprint density at radius 1 is 1.33 bits per heavy atom. The fraction of sp³-hybridized carbons (Fsp3) is 0.588. The molecule has 7 heteroatoms. The number of carbonyl (C=O) groups is 1. The molecule has 2 aliphatic rings. The molecular formula is C17H23Cl2N3O2. The van der Waals surface area contributed by atoms with E-state index in [1.807, 2.05) is 25.1 Å². The molecule has 1 N–H and O–H groups in total. The Labute approximate surface area is 152 Å². The van der Waals surface area contributed by atoms with E-state index in [4.69, 9.17) is 27.9 Å². The van der Waals surface area contributed by atoms with Gasteiger partial charge in [-0.1, -0.05) is 29.3 Å². The molecule has 24 heavy (non-hydrogen) atoms. The fourth-order valence-electron chi connectivity index (χ4n) is 3.58. The summed E-state index contributed by atoms with van der Waals surface area (Å²) >= 11 is 12.0. The number of rotatable bonds is 3. The SMILES string of the molecule is CN(C)C1COC[C@H]2NCCN(C(=O)Cc3ccc(Cl)c(Cl)c3)[C@H]12. The van der Waals surface area contributed by atoms with Crippen LogP contribution in [0.4, 0.5) is 0 Å². The molecule has 0 bridgehead atoms. The highest BCUT2D eigenvalue weighted by molar-refractivity contribution is 6.42. The minimum atomic E-state index is 0.123. The molecule has 2 aliphatic heterocycles. The Balaban J connectivity index is 1.77. The summed E-state index contributed by atoms with van der Waals surface area (Å²) in [5.41, 5.74) is 0.887. The molecule has 1 unspecified atom stereocenters. The summed E-state index contributed by atoms with van der Waals surface area (Å²) < 4.78 is 5.71. The fourth-order valence-corrected chi connectivity index (χ4v) is 3.90. The molecule has 0 aromatic heterocycles. The standard InChI is InChI=1S/C17H23Cl2N3O2/c1-21(2)15-10-24-9-14-17(15)22(6-5-20-14)16(23)8-11-3-4-12(18)13(19)7-11/h3-4,7,14-15,17,20H,5-6,8-10H2,1-2H3/t14-,15?,17+/m1/s1. The molecule has 2 fully saturated rings. The molecule has 2 heterocycles. The van der Waals surface area contributed by atoms with Crippen LogP contribution in [0.1, 0.15) is 5.56 Å². The number of likely N-dealkylation sites (N-methyl/N-ethyl adjacent to an activating group) is 1. The maximum atomic E-state index is 12.9. The molecule has 1 aromatic carbocycles. The van der Waals surface area contributed by atoms with E-state index in [2.05, 4.69) is 10.2 Å². The summed E-state index contributed by atoms with van der Waals surface area (Å²) in [6.45, 7) is 2.79. The molecule has 0 radical (unpaired) electrons. The van der Waals surface area contributed by atoms with Crippen molar-refractivity contribution in [1.82, 2.24) is 15.1 Å². The van der Waals surface area contributed by atoms with Crippen LogP contribution >= 0.6 is 23.2 Å². The second kappa shape index (κ2) is 7.58. The van der Waals surface area contributed by atoms with Gasteiger partial charge in [0.2, 0.25) is 5.91 Å². The predicted octanol–water partition coefficient (Wildman–Crippen LogP) is 1.67. The monoisotopic (exact) mass is 371 g/mol. The van der Waals surface area contributed by atoms with Crippen molar-refractivity contribution in [3.63, 3.8) is 0 Å². The maximum Gasteiger partial charge on any atom is 0.227 e. The second-order valence-corrected chi connectivity index (χ2v) is 7.45. The molecule has 3 atom stereocenters. The lowest BCUT2D eigenvalue weighted by atomic mass is 9.93. The average Bonchev–Trinajstić information content (AvgIpc) is 2.57. The minimum Gasteiger partial charge on any atom is -0.378 e. The zero-order chi connectivity index (χ0) is 17.3. The van der Waals surface area contributed by atoms with Crippen molar-refractivity contribution >= 4 is 29.1 Å². The lowest BCUT2D eigenvalue weighted by Crippen LogP contribution is -2.70. The van der Waals surface area contributed by atoms with Crippen LogP contribution in [0.3, 0.4) is 0 Å². The average molecular weight is 372 g/mol. The first-order valence-corrected chi connectivity index (χ1v) is 8.94. The summed E-state index contributed by atoms with van der Waals surface area (Å²) in [4.78, 5) is 17.1. The van der Waals surface area contributed by atoms with Crippen LogP contribution in [-0.2, 0) is 16.0 Å². The van der Waals surface area contributed by atoms with Gasteiger partial charge < -0.3 is 19.9 Å². The van der Waals surface area contributed by atoms with E-state index in [0.717, 1.165) is 12.1 Å². The molecule has 2 saturated heterocycles. The van der Waals surface area contributed by atoms with Gasteiger partial charge in [0, 0.05) is 13.1 Å². The van der Waals surface area contributed by atoms with Crippen molar-refractivity contribution in [1.29, 1.82) is 0 Å². The molecule has 5 nitrogen and oxygen atoms in total. The Bertz CT molecular complexity index is 609. The van der Waals surface area contributed by atoms with Crippen molar-refractivity contribution in [3.8, 4) is 0 Å². The van der Waals surface area contributed by atoms with Gasteiger partial charge in [0.05, 0.1) is 47.8 Å². The van der Waals surface area contributed by atoms with E-state index in [1.54, 1.807) is 12.1 Å². The van der Waals surface area contributed by atoms with Gasteiger partial charge in [-0.3, -0.25) is 4.79 Å². The zero-order valence-corrected chi connectivity index (χ0v) is 15.5. The number of nitrogens with one attached hydrogen (secondary N) is 1. The van der Waals surface area contributed by atoms with Gasteiger partial charge in [0.25, 0.3) is 0 Å². The quantitative estimate of drug-likeness (QED) is 0.877. The lowest BCUT2D eigenvalue weighted by molar-refractivity contribution is -0.142. The summed E-state index contributed by atoms with van der Waals surface area (Å²) in [6.07, 6.45) is 0.334. The molecule has 3 rings (SSSR count). The van der Waals surface area contributed by atoms with Crippen LogP contribution in [0.5, 0.6) is 0 Å². The van der Waals surface area contributed by atoms with Gasteiger partial charge in [-0.15, -0.1) is 0 Å². The lowest BCUT2D eigenvalue weighted by Gasteiger charge is -2.50. The summed E-state index contributed by atoms with van der Waals surface area (Å²) in [5.74, 6) is 0.124. The van der Waals surface area contributed by atoms with Gasteiger partial charge in [-0.2, -0.15) is 0 Å². The van der Waals surface area contributed by atoms with Crippen LogP contribution in [0.15, 0.2) is 18.2 Å². The van der Waals surface area contributed by atoms with Crippen LogP contribution in [0, 0.1) is 0 Å². The number of hydrogen-bond acceptors (Lipinski definition) is 4. The number of ether oxygens (including phenoxy) is 1. The number of nitrogens with zero attached hydrogens (tertiary/aromatic N) is 2. The molecule has 0 spiro atoms. The minimum absolute atomic E-state index is 0.123. The van der Waals surface area contributed by atoms with Crippen molar-refractivity contribution in [2.75, 3.05) is 40.4 Å². The molecule has 132 valence electrons. The second-order valence-electron chi connectivity index (χ2n) is 6.63. The summed E-state index contributed by atoms with van der Waals surface area (Å²) in [6, 6.07) is 5.86. The Kier molecular flexibility index (Phi) is 5.67. The van der Waals surface area contributed by atoms with Gasteiger partial charge in [-0.25, -0.2) is 0 Å². The Hall–Kier alpha value is -0.850. The van der Waals surface area contributed by atoms with Gasteiger partial charge in [-0.05, 0) is 31.8 Å². The maximum absolute atomic E-state index is 12.9. The van der Waals surface area contributed by atoms with Crippen molar-refractivity contribution in [3.05, 3.63) is 33.8 Å². The first-order chi connectivity index (χ1) is 11.5. The highest BCUT2D eigenvalue weighted by atomic mass is 35.5. The third-order valence-corrected chi connectivity index (χ3v) is 5.57. The molecule has 1 aromatic rings. The van der Waals surface area contributed by atoms with E-state index < -0.39 is 0 Å². The van der Waals surface area contributed by atoms with E-state index >= 15 is 0 Å². The third-order valence-electron chi connectivity index (χ3n) is 4.83. The molecular weight excluding hydrogens is 349 g/mol. The van der Waals surface area contributed by atoms with Gasteiger partial charge >= 0.3 is 0 Å². The number of carbonyl (C=O) groups excluding carboxylic acids is 1. The molecule has 0 saturated carbocycles. The molecule has 0 aliphatic carbocycles.